The maximum atomic E-state index is 13.2. The number of rotatable bonds is 2. The molecule has 0 amide bonds. The zero-order valence-electron chi connectivity index (χ0n) is 12.2. The van der Waals surface area contributed by atoms with Gasteiger partial charge in [0, 0.05) is 44.3 Å². The second-order valence-corrected chi connectivity index (χ2v) is 5.88. The Balaban J connectivity index is 1.57. The molecule has 1 aliphatic heterocycles. The van der Waals surface area contributed by atoms with Crippen molar-refractivity contribution >= 4 is 40.6 Å². The van der Waals surface area contributed by atoms with Gasteiger partial charge in [-0.3, -0.25) is 0 Å². The van der Waals surface area contributed by atoms with Gasteiger partial charge in [-0.2, -0.15) is 0 Å². The molecule has 1 N–H and O–H groups in total. The number of nitrogens with one attached hydrogen (secondary N) is 1. The van der Waals surface area contributed by atoms with Crippen LogP contribution in [0.2, 0.25) is 5.02 Å². The lowest BCUT2D eigenvalue weighted by Gasteiger charge is -2.36. The zero-order valence-corrected chi connectivity index (χ0v) is 13.8. The van der Waals surface area contributed by atoms with Crippen LogP contribution >= 0.6 is 23.8 Å². The monoisotopic (exact) mass is 351 g/mol. The minimum atomic E-state index is -0.445. The first-order valence-electron chi connectivity index (χ1n) is 7.16. The second kappa shape index (κ2) is 7.06. The summed E-state index contributed by atoms with van der Waals surface area (Å²) in [7, 11) is 0. The van der Waals surface area contributed by atoms with E-state index < -0.39 is 5.82 Å². The van der Waals surface area contributed by atoms with Gasteiger partial charge in [0.1, 0.15) is 5.82 Å². The number of hydrogen-bond acceptors (Lipinski definition) is 4. The number of nitrogens with zero attached hydrogens (tertiary/aromatic N) is 4. The summed E-state index contributed by atoms with van der Waals surface area (Å²) in [6, 6.07) is 6.25. The van der Waals surface area contributed by atoms with Crippen LogP contribution in [0.25, 0.3) is 0 Å². The van der Waals surface area contributed by atoms with Crippen LogP contribution < -0.4 is 10.2 Å². The van der Waals surface area contributed by atoms with E-state index in [9.17, 15) is 4.39 Å². The Hall–Kier alpha value is -1.99. The molecule has 2 heterocycles. The highest BCUT2D eigenvalue weighted by Gasteiger charge is 2.20. The fourth-order valence-corrected chi connectivity index (χ4v) is 2.82. The van der Waals surface area contributed by atoms with Crippen molar-refractivity contribution in [2.24, 2.45) is 0 Å². The normalized spacial score (nSPS) is 14.7. The molecule has 0 bridgehead atoms. The van der Waals surface area contributed by atoms with Gasteiger partial charge in [0.2, 0.25) is 5.95 Å². The van der Waals surface area contributed by atoms with Crippen LogP contribution in [-0.4, -0.2) is 46.2 Å². The van der Waals surface area contributed by atoms with Gasteiger partial charge in [-0.25, -0.2) is 14.4 Å². The Morgan fingerprint density at radius 1 is 1.17 bits per heavy atom. The SMILES string of the molecule is Fc1ccc(NC(=S)N2CCN(c3ncccn3)CC2)cc1Cl. The summed E-state index contributed by atoms with van der Waals surface area (Å²) in [5.74, 6) is 0.288. The van der Waals surface area contributed by atoms with E-state index in [1.807, 2.05) is 0 Å². The molecule has 0 saturated carbocycles. The predicted molar refractivity (Wildman–Crippen MR) is 93.4 cm³/mol. The number of hydrogen-bond donors (Lipinski definition) is 1. The van der Waals surface area contributed by atoms with Crippen molar-refractivity contribution in [2.45, 2.75) is 0 Å². The molecule has 0 aliphatic carbocycles. The van der Waals surface area contributed by atoms with Gasteiger partial charge >= 0.3 is 0 Å². The van der Waals surface area contributed by atoms with Crippen LogP contribution in [0.4, 0.5) is 16.0 Å². The highest BCUT2D eigenvalue weighted by atomic mass is 35.5. The fraction of sp³-hybridized carbons (Fsp3) is 0.267. The first-order chi connectivity index (χ1) is 11.1. The molecule has 23 heavy (non-hydrogen) atoms. The van der Waals surface area contributed by atoms with Gasteiger partial charge < -0.3 is 15.1 Å². The third kappa shape index (κ3) is 3.86. The molecule has 0 spiro atoms. The summed E-state index contributed by atoms with van der Waals surface area (Å²) in [4.78, 5) is 12.7. The zero-order chi connectivity index (χ0) is 16.2. The molecule has 120 valence electrons. The largest absolute Gasteiger partial charge is 0.345 e. The molecular weight excluding hydrogens is 337 g/mol. The first-order valence-corrected chi connectivity index (χ1v) is 7.95. The number of halogens is 2. The molecule has 1 aromatic heterocycles. The smallest absolute Gasteiger partial charge is 0.225 e. The van der Waals surface area contributed by atoms with Crippen LogP contribution in [0.3, 0.4) is 0 Å². The summed E-state index contributed by atoms with van der Waals surface area (Å²) < 4.78 is 13.2. The lowest BCUT2D eigenvalue weighted by molar-refractivity contribution is 0.388. The quantitative estimate of drug-likeness (QED) is 0.839. The maximum Gasteiger partial charge on any atom is 0.225 e. The molecule has 0 unspecified atom stereocenters. The van der Waals surface area contributed by atoms with Gasteiger partial charge in [-0.15, -0.1) is 0 Å². The summed E-state index contributed by atoms with van der Waals surface area (Å²) >= 11 is 11.2. The van der Waals surface area contributed by atoms with E-state index in [4.69, 9.17) is 23.8 Å². The molecule has 3 rings (SSSR count). The van der Waals surface area contributed by atoms with Crippen molar-refractivity contribution in [1.29, 1.82) is 0 Å². The van der Waals surface area contributed by atoms with E-state index in [0.29, 0.717) is 10.8 Å². The molecule has 0 atom stereocenters. The second-order valence-electron chi connectivity index (χ2n) is 5.08. The molecule has 1 saturated heterocycles. The van der Waals surface area contributed by atoms with Gasteiger partial charge in [-0.05, 0) is 36.5 Å². The van der Waals surface area contributed by atoms with Gasteiger partial charge in [-0.1, -0.05) is 11.6 Å². The van der Waals surface area contributed by atoms with E-state index in [1.54, 1.807) is 24.5 Å². The van der Waals surface area contributed by atoms with Crippen LogP contribution in [0.5, 0.6) is 0 Å². The van der Waals surface area contributed by atoms with Crippen molar-refractivity contribution < 1.29 is 4.39 Å². The standard InChI is InChI=1S/C15H15ClFN5S/c16-12-10-11(2-3-13(12)17)20-15(23)22-8-6-21(7-9-22)14-18-4-1-5-19-14/h1-5,10H,6-9H2,(H,20,23). The summed E-state index contributed by atoms with van der Waals surface area (Å²) in [5, 5.41) is 3.76. The third-order valence-corrected chi connectivity index (χ3v) is 4.22. The molecule has 1 aliphatic rings. The number of thiocarbonyl (C=S) groups is 1. The first kappa shape index (κ1) is 15.9. The van der Waals surface area contributed by atoms with Gasteiger partial charge in [0.05, 0.1) is 5.02 Å². The number of anilines is 2. The molecule has 5 nitrogen and oxygen atoms in total. The van der Waals surface area contributed by atoms with Crippen LogP contribution in [0.1, 0.15) is 0 Å². The Morgan fingerprint density at radius 3 is 2.52 bits per heavy atom. The van der Waals surface area contributed by atoms with Crippen LogP contribution in [0.15, 0.2) is 36.7 Å². The molecule has 2 aromatic rings. The van der Waals surface area contributed by atoms with Crippen molar-refractivity contribution in [3.63, 3.8) is 0 Å². The molecular formula is C15H15ClFN5S. The van der Waals surface area contributed by atoms with Crippen molar-refractivity contribution in [1.82, 2.24) is 14.9 Å². The lowest BCUT2D eigenvalue weighted by atomic mass is 10.3. The van der Waals surface area contributed by atoms with E-state index in [1.165, 1.54) is 12.1 Å². The maximum absolute atomic E-state index is 13.2. The molecule has 8 heteroatoms. The molecule has 0 radical (unpaired) electrons. The highest BCUT2D eigenvalue weighted by molar-refractivity contribution is 7.80. The number of benzene rings is 1. The Labute approximate surface area is 144 Å². The van der Waals surface area contributed by atoms with E-state index >= 15 is 0 Å². The Kier molecular flexibility index (Phi) is 4.88. The highest BCUT2D eigenvalue weighted by Crippen LogP contribution is 2.20. The Bertz CT molecular complexity index is 692. The van der Waals surface area contributed by atoms with Crippen LogP contribution in [0, 0.1) is 5.82 Å². The van der Waals surface area contributed by atoms with Crippen LogP contribution in [-0.2, 0) is 0 Å². The topological polar surface area (TPSA) is 44.3 Å². The van der Waals surface area contributed by atoms with E-state index in [2.05, 4.69) is 25.1 Å². The van der Waals surface area contributed by atoms with Gasteiger partial charge in [0.25, 0.3) is 0 Å². The van der Waals surface area contributed by atoms with Crippen molar-refractivity contribution in [2.75, 3.05) is 36.4 Å². The number of aromatic nitrogens is 2. The third-order valence-electron chi connectivity index (χ3n) is 3.57. The van der Waals surface area contributed by atoms with Crippen molar-refractivity contribution in [3.8, 4) is 0 Å². The van der Waals surface area contributed by atoms with Gasteiger partial charge in [0.15, 0.2) is 5.11 Å². The molecule has 1 fully saturated rings. The minimum Gasteiger partial charge on any atom is -0.345 e. The summed E-state index contributed by atoms with van der Waals surface area (Å²) in [6.07, 6.45) is 3.47. The predicted octanol–water partition coefficient (Wildman–Crippen LogP) is 2.79. The average Bonchev–Trinajstić information content (AvgIpc) is 2.59. The van der Waals surface area contributed by atoms with E-state index in [0.717, 1.165) is 32.1 Å². The Morgan fingerprint density at radius 2 is 1.87 bits per heavy atom. The van der Waals surface area contributed by atoms with Crippen molar-refractivity contribution in [3.05, 3.63) is 47.5 Å². The lowest BCUT2D eigenvalue weighted by Crippen LogP contribution is -2.50. The molecule has 1 aromatic carbocycles. The minimum absolute atomic E-state index is 0.0730. The summed E-state index contributed by atoms with van der Waals surface area (Å²) in [5.41, 5.74) is 0.676. The average molecular weight is 352 g/mol. The summed E-state index contributed by atoms with van der Waals surface area (Å²) in [6.45, 7) is 3.10. The fourth-order valence-electron chi connectivity index (χ4n) is 2.34. The van der Waals surface area contributed by atoms with E-state index in [-0.39, 0.29) is 5.02 Å². The number of piperazine rings is 1.